The maximum absolute atomic E-state index is 11.9. The van der Waals surface area contributed by atoms with E-state index in [0.717, 1.165) is 0 Å². The number of aliphatic imine (C=N–C) groups is 1. The molecule has 0 amide bonds. The highest BCUT2D eigenvalue weighted by atomic mass is 35.5. The zero-order valence-electron chi connectivity index (χ0n) is 6.51. The molecule has 0 bridgehead atoms. The lowest BCUT2D eigenvalue weighted by Crippen LogP contribution is -2.16. The average molecular weight is 212 g/mol. The van der Waals surface area contributed by atoms with Gasteiger partial charge in [-0.15, -0.1) is 0 Å². The van der Waals surface area contributed by atoms with Gasteiger partial charge in [0.05, 0.1) is 6.20 Å². The van der Waals surface area contributed by atoms with Crippen LogP contribution in [-0.2, 0) is 7.05 Å². The van der Waals surface area contributed by atoms with Gasteiger partial charge in [0.15, 0.2) is 5.82 Å². The van der Waals surface area contributed by atoms with Crippen molar-refractivity contribution in [3.63, 3.8) is 0 Å². The molecule has 0 fully saturated rings. The first-order valence-electron chi connectivity index (χ1n) is 3.20. The lowest BCUT2D eigenvalue weighted by atomic mass is 10.6. The van der Waals surface area contributed by atoms with Crippen LogP contribution >= 0.6 is 11.6 Å². The summed E-state index contributed by atoms with van der Waals surface area (Å²) in [6.07, 6.45) is -3.27. The van der Waals surface area contributed by atoms with Crippen molar-refractivity contribution in [2.75, 3.05) is 0 Å². The van der Waals surface area contributed by atoms with Crippen LogP contribution in [0.25, 0.3) is 0 Å². The van der Waals surface area contributed by atoms with E-state index >= 15 is 0 Å². The summed E-state index contributed by atoms with van der Waals surface area (Å²) >= 11 is 4.90. The predicted molar refractivity (Wildman–Crippen MR) is 42.2 cm³/mol. The molecule has 3 nitrogen and oxygen atoms in total. The lowest BCUT2D eigenvalue weighted by Gasteiger charge is -2.02. The zero-order chi connectivity index (χ0) is 10.1. The molecule has 0 saturated carbocycles. The molecule has 0 aliphatic carbocycles. The van der Waals surface area contributed by atoms with Gasteiger partial charge in [-0.2, -0.15) is 18.3 Å². The van der Waals surface area contributed by atoms with Crippen LogP contribution in [0.1, 0.15) is 0 Å². The number of aryl methyl sites for hydroxylation is 1. The Bertz CT molecular complexity index is 328. The molecule has 0 radical (unpaired) electrons. The second-order valence-electron chi connectivity index (χ2n) is 2.21. The summed E-state index contributed by atoms with van der Waals surface area (Å²) < 4.78 is 36.8. The molecule has 72 valence electrons. The van der Waals surface area contributed by atoms with Crippen molar-refractivity contribution < 1.29 is 13.2 Å². The average Bonchev–Trinajstić information content (AvgIpc) is 2.34. The smallest absolute Gasteiger partial charge is 0.251 e. The van der Waals surface area contributed by atoms with Gasteiger partial charge in [-0.1, -0.05) is 11.6 Å². The Labute approximate surface area is 76.8 Å². The van der Waals surface area contributed by atoms with Crippen molar-refractivity contribution in [2.45, 2.75) is 6.18 Å². The molecule has 13 heavy (non-hydrogen) atoms. The van der Waals surface area contributed by atoms with E-state index in [9.17, 15) is 13.2 Å². The standard InChI is InChI=1S/C6H5ClF3N3/c1-13-4(2-3-11-13)12-5(7)6(8,9)10/h2-3H,1H3/b12-5-. The highest BCUT2D eigenvalue weighted by Gasteiger charge is 2.34. The molecule has 0 aromatic carbocycles. The van der Waals surface area contributed by atoms with Gasteiger partial charge in [0.1, 0.15) is 0 Å². The number of nitrogens with zero attached hydrogens (tertiary/aromatic N) is 3. The molecule has 0 spiro atoms. The molecule has 1 rings (SSSR count). The summed E-state index contributed by atoms with van der Waals surface area (Å²) in [4.78, 5) is 3.15. The minimum Gasteiger partial charge on any atom is -0.251 e. The number of halogens is 4. The molecule has 0 atom stereocenters. The van der Waals surface area contributed by atoms with Gasteiger partial charge in [-0.05, 0) is 0 Å². The topological polar surface area (TPSA) is 30.2 Å². The molecule has 0 N–H and O–H groups in total. The molecule has 0 saturated heterocycles. The lowest BCUT2D eigenvalue weighted by molar-refractivity contribution is -0.0558. The van der Waals surface area contributed by atoms with Crippen molar-refractivity contribution in [3.8, 4) is 0 Å². The Hall–Kier alpha value is -1.04. The third kappa shape index (κ3) is 2.45. The van der Waals surface area contributed by atoms with Gasteiger partial charge in [-0.25, -0.2) is 4.99 Å². The Morgan fingerprint density at radius 1 is 1.62 bits per heavy atom. The van der Waals surface area contributed by atoms with Gasteiger partial charge in [0.2, 0.25) is 5.17 Å². The number of alkyl halides is 3. The summed E-state index contributed by atoms with van der Waals surface area (Å²) in [5.74, 6) is 0.0577. The first-order chi connectivity index (χ1) is 5.91. The van der Waals surface area contributed by atoms with Crippen LogP contribution < -0.4 is 0 Å². The van der Waals surface area contributed by atoms with E-state index in [2.05, 4.69) is 10.1 Å². The molecule has 0 aliphatic heterocycles. The first kappa shape index (κ1) is 10.0. The number of hydrogen-bond acceptors (Lipinski definition) is 2. The molecular weight excluding hydrogens is 207 g/mol. The number of hydrogen-bond donors (Lipinski definition) is 0. The summed E-state index contributed by atoms with van der Waals surface area (Å²) in [7, 11) is 1.47. The molecular formula is C6H5ClF3N3. The van der Waals surface area contributed by atoms with E-state index < -0.39 is 11.3 Å². The van der Waals surface area contributed by atoms with Crippen LogP contribution in [0.4, 0.5) is 19.0 Å². The van der Waals surface area contributed by atoms with Crippen LogP contribution in [0, 0.1) is 0 Å². The Morgan fingerprint density at radius 2 is 2.23 bits per heavy atom. The third-order valence-corrected chi connectivity index (χ3v) is 1.54. The summed E-state index contributed by atoms with van der Waals surface area (Å²) in [6.45, 7) is 0. The number of aromatic nitrogens is 2. The molecule has 1 aromatic rings. The van der Waals surface area contributed by atoms with E-state index in [1.54, 1.807) is 0 Å². The summed E-state index contributed by atoms with van der Waals surface area (Å²) in [6, 6.07) is 1.33. The second-order valence-corrected chi connectivity index (χ2v) is 2.57. The highest BCUT2D eigenvalue weighted by molar-refractivity contribution is 6.67. The van der Waals surface area contributed by atoms with Crippen LogP contribution in [0.5, 0.6) is 0 Å². The van der Waals surface area contributed by atoms with Crippen molar-refractivity contribution in [1.29, 1.82) is 0 Å². The van der Waals surface area contributed by atoms with Crippen LogP contribution in [0.2, 0.25) is 0 Å². The number of rotatable bonds is 1. The molecule has 0 unspecified atom stereocenters. The van der Waals surface area contributed by atoms with E-state index in [0.29, 0.717) is 0 Å². The third-order valence-electron chi connectivity index (χ3n) is 1.24. The van der Waals surface area contributed by atoms with Crippen molar-refractivity contribution in [2.24, 2.45) is 12.0 Å². The predicted octanol–water partition coefficient (Wildman–Crippen LogP) is 2.25. The van der Waals surface area contributed by atoms with Crippen molar-refractivity contribution in [3.05, 3.63) is 12.3 Å². The van der Waals surface area contributed by atoms with Gasteiger partial charge < -0.3 is 0 Å². The maximum atomic E-state index is 11.9. The van der Waals surface area contributed by atoms with Gasteiger partial charge >= 0.3 is 6.18 Å². The van der Waals surface area contributed by atoms with Crippen molar-refractivity contribution >= 4 is 22.6 Å². The molecule has 1 heterocycles. The zero-order valence-corrected chi connectivity index (χ0v) is 7.26. The molecule has 1 aromatic heterocycles. The Balaban J connectivity index is 2.96. The van der Waals surface area contributed by atoms with Crippen LogP contribution in [-0.4, -0.2) is 21.1 Å². The monoisotopic (exact) mass is 211 g/mol. The van der Waals surface area contributed by atoms with E-state index in [1.807, 2.05) is 0 Å². The van der Waals surface area contributed by atoms with Gasteiger partial charge in [0, 0.05) is 13.1 Å². The van der Waals surface area contributed by atoms with Crippen LogP contribution in [0.15, 0.2) is 17.3 Å². The summed E-state index contributed by atoms with van der Waals surface area (Å²) in [5.41, 5.74) is 0. The highest BCUT2D eigenvalue weighted by Crippen LogP contribution is 2.22. The first-order valence-corrected chi connectivity index (χ1v) is 3.58. The van der Waals surface area contributed by atoms with Crippen molar-refractivity contribution in [1.82, 2.24) is 9.78 Å². The minimum absolute atomic E-state index is 0.0577. The normalized spacial score (nSPS) is 13.5. The molecule has 7 heteroatoms. The van der Waals surface area contributed by atoms with E-state index in [-0.39, 0.29) is 5.82 Å². The second kappa shape index (κ2) is 3.37. The Morgan fingerprint density at radius 3 is 2.62 bits per heavy atom. The fraction of sp³-hybridized carbons (Fsp3) is 0.333. The van der Waals surface area contributed by atoms with E-state index in [4.69, 9.17) is 11.6 Å². The molecule has 0 aliphatic rings. The fourth-order valence-electron chi connectivity index (χ4n) is 0.641. The fourth-order valence-corrected chi connectivity index (χ4v) is 0.727. The van der Waals surface area contributed by atoms with E-state index in [1.165, 1.54) is 24.0 Å². The van der Waals surface area contributed by atoms with Crippen LogP contribution in [0.3, 0.4) is 0 Å². The van der Waals surface area contributed by atoms with Gasteiger partial charge in [0.25, 0.3) is 0 Å². The summed E-state index contributed by atoms with van der Waals surface area (Å²) in [5, 5.41) is 2.23. The largest absolute Gasteiger partial charge is 0.444 e. The minimum atomic E-state index is -4.61. The Kier molecular flexibility index (Phi) is 2.60. The maximum Gasteiger partial charge on any atom is 0.444 e. The quantitative estimate of drug-likeness (QED) is 0.656. The van der Waals surface area contributed by atoms with Gasteiger partial charge in [-0.3, -0.25) is 4.68 Å². The SMILES string of the molecule is Cn1nccc1/N=C(\Cl)C(F)(F)F.